The molecule has 0 amide bonds. The van der Waals surface area contributed by atoms with Crippen molar-refractivity contribution in [2.75, 3.05) is 32.8 Å². The SMILES string of the molecule is CCCNCC1CCCCN1CCOC(C)C. The molecule has 17 heavy (non-hydrogen) atoms. The Bertz CT molecular complexity index is 185. The number of rotatable bonds is 8. The quantitative estimate of drug-likeness (QED) is 0.661. The summed E-state index contributed by atoms with van der Waals surface area (Å²) >= 11 is 0. The van der Waals surface area contributed by atoms with E-state index >= 15 is 0 Å². The predicted octanol–water partition coefficient (Wildman–Crippen LogP) is 2.27. The first-order valence-corrected chi connectivity index (χ1v) is 7.30. The van der Waals surface area contributed by atoms with Gasteiger partial charge < -0.3 is 10.1 Å². The number of likely N-dealkylation sites (tertiary alicyclic amines) is 1. The normalized spacial score (nSPS) is 22.2. The fourth-order valence-electron chi connectivity index (χ4n) is 2.44. The monoisotopic (exact) mass is 242 g/mol. The molecule has 3 nitrogen and oxygen atoms in total. The Morgan fingerprint density at radius 1 is 1.35 bits per heavy atom. The van der Waals surface area contributed by atoms with E-state index in [9.17, 15) is 0 Å². The molecular formula is C14H30N2O. The fourth-order valence-corrected chi connectivity index (χ4v) is 2.44. The van der Waals surface area contributed by atoms with E-state index in [-0.39, 0.29) is 0 Å². The first-order chi connectivity index (χ1) is 8.24. The summed E-state index contributed by atoms with van der Waals surface area (Å²) in [5.41, 5.74) is 0. The number of nitrogens with zero attached hydrogens (tertiary/aromatic N) is 1. The van der Waals surface area contributed by atoms with E-state index in [0.29, 0.717) is 6.10 Å². The van der Waals surface area contributed by atoms with Crippen LogP contribution in [0, 0.1) is 0 Å². The van der Waals surface area contributed by atoms with Gasteiger partial charge in [0.1, 0.15) is 0 Å². The fraction of sp³-hybridized carbons (Fsp3) is 1.00. The predicted molar refractivity (Wildman–Crippen MR) is 73.5 cm³/mol. The topological polar surface area (TPSA) is 24.5 Å². The molecule has 1 aliphatic heterocycles. The molecule has 1 heterocycles. The number of hydrogen-bond donors (Lipinski definition) is 1. The van der Waals surface area contributed by atoms with Gasteiger partial charge in [-0.15, -0.1) is 0 Å². The van der Waals surface area contributed by atoms with Crippen LogP contribution >= 0.6 is 0 Å². The molecule has 0 saturated carbocycles. The highest BCUT2D eigenvalue weighted by Gasteiger charge is 2.21. The third-order valence-corrected chi connectivity index (χ3v) is 3.39. The van der Waals surface area contributed by atoms with Crippen molar-refractivity contribution in [3.05, 3.63) is 0 Å². The molecule has 1 unspecified atom stereocenters. The van der Waals surface area contributed by atoms with E-state index in [1.165, 1.54) is 32.2 Å². The summed E-state index contributed by atoms with van der Waals surface area (Å²) in [4.78, 5) is 2.61. The minimum Gasteiger partial charge on any atom is -0.377 e. The first kappa shape index (κ1) is 14.9. The summed E-state index contributed by atoms with van der Waals surface area (Å²) in [6.45, 7) is 12.0. The van der Waals surface area contributed by atoms with Gasteiger partial charge in [-0.3, -0.25) is 4.90 Å². The lowest BCUT2D eigenvalue weighted by atomic mass is 10.0. The van der Waals surface area contributed by atoms with Gasteiger partial charge in [-0.1, -0.05) is 13.3 Å². The highest BCUT2D eigenvalue weighted by molar-refractivity contribution is 4.78. The highest BCUT2D eigenvalue weighted by atomic mass is 16.5. The van der Waals surface area contributed by atoms with E-state index in [1.807, 2.05) is 0 Å². The molecule has 3 heteroatoms. The van der Waals surface area contributed by atoms with Crippen molar-refractivity contribution in [3.63, 3.8) is 0 Å². The van der Waals surface area contributed by atoms with Crippen molar-refractivity contribution >= 4 is 0 Å². The molecule has 102 valence electrons. The van der Waals surface area contributed by atoms with Crippen LogP contribution in [0.3, 0.4) is 0 Å². The summed E-state index contributed by atoms with van der Waals surface area (Å²) in [6.07, 6.45) is 5.67. The van der Waals surface area contributed by atoms with Crippen molar-refractivity contribution in [2.45, 2.75) is 58.6 Å². The summed E-state index contributed by atoms with van der Waals surface area (Å²) in [6, 6.07) is 0.728. The van der Waals surface area contributed by atoms with Gasteiger partial charge in [0, 0.05) is 19.1 Å². The Balaban J connectivity index is 2.22. The molecule has 0 aromatic rings. The van der Waals surface area contributed by atoms with E-state index in [0.717, 1.165) is 32.3 Å². The maximum absolute atomic E-state index is 5.66. The van der Waals surface area contributed by atoms with Gasteiger partial charge in [0.15, 0.2) is 0 Å². The minimum absolute atomic E-state index is 0.358. The van der Waals surface area contributed by atoms with Gasteiger partial charge in [-0.25, -0.2) is 0 Å². The molecule has 0 spiro atoms. The van der Waals surface area contributed by atoms with Crippen LogP contribution in [0.5, 0.6) is 0 Å². The van der Waals surface area contributed by atoms with Crippen molar-refractivity contribution < 1.29 is 4.74 Å². The largest absolute Gasteiger partial charge is 0.377 e. The zero-order valence-corrected chi connectivity index (χ0v) is 11.9. The second-order valence-corrected chi connectivity index (χ2v) is 5.31. The van der Waals surface area contributed by atoms with E-state index in [2.05, 4.69) is 31.0 Å². The summed E-state index contributed by atoms with van der Waals surface area (Å²) in [7, 11) is 0. The van der Waals surface area contributed by atoms with Crippen molar-refractivity contribution in [1.29, 1.82) is 0 Å². The molecule has 1 N–H and O–H groups in total. The van der Waals surface area contributed by atoms with Crippen LogP contribution in [0.2, 0.25) is 0 Å². The standard InChI is InChI=1S/C14H30N2O/c1-4-8-15-12-14-7-5-6-9-16(14)10-11-17-13(2)3/h13-15H,4-12H2,1-3H3. The smallest absolute Gasteiger partial charge is 0.0597 e. The lowest BCUT2D eigenvalue weighted by molar-refractivity contribution is 0.0402. The van der Waals surface area contributed by atoms with Crippen LogP contribution in [0.1, 0.15) is 46.5 Å². The van der Waals surface area contributed by atoms with Gasteiger partial charge in [0.25, 0.3) is 0 Å². The number of ether oxygens (including phenoxy) is 1. The number of piperidine rings is 1. The van der Waals surface area contributed by atoms with E-state index < -0.39 is 0 Å². The Labute approximate surface area is 107 Å². The average molecular weight is 242 g/mol. The molecule has 0 aromatic carbocycles. The van der Waals surface area contributed by atoms with E-state index in [4.69, 9.17) is 4.74 Å². The molecule has 0 aliphatic carbocycles. The Morgan fingerprint density at radius 3 is 2.88 bits per heavy atom. The van der Waals surface area contributed by atoms with Crippen LogP contribution < -0.4 is 5.32 Å². The second-order valence-electron chi connectivity index (χ2n) is 5.31. The van der Waals surface area contributed by atoms with Crippen LogP contribution in [-0.2, 0) is 4.74 Å². The molecule has 1 rings (SSSR count). The number of nitrogens with one attached hydrogen (secondary N) is 1. The maximum atomic E-state index is 5.66. The maximum Gasteiger partial charge on any atom is 0.0597 e. The molecule has 0 radical (unpaired) electrons. The van der Waals surface area contributed by atoms with Gasteiger partial charge in [-0.2, -0.15) is 0 Å². The molecule has 1 atom stereocenters. The van der Waals surface area contributed by atoms with Crippen LogP contribution in [0.4, 0.5) is 0 Å². The summed E-state index contributed by atoms with van der Waals surface area (Å²) in [5.74, 6) is 0. The lowest BCUT2D eigenvalue weighted by Crippen LogP contribution is -2.47. The molecule has 0 bridgehead atoms. The average Bonchev–Trinajstić information content (AvgIpc) is 2.31. The molecular weight excluding hydrogens is 212 g/mol. The zero-order valence-electron chi connectivity index (χ0n) is 11.9. The van der Waals surface area contributed by atoms with Gasteiger partial charge >= 0.3 is 0 Å². The number of hydrogen-bond acceptors (Lipinski definition) is 3. The van der Waals surface area contributed by atoms with Crippen molar-refractivity contribution in [2.24, 2.45) is 0 Å². The van der Waals surface area contributed by atoms with Crippen molar-refractivity contribution in [1.82, 2.24) is 10.2 Å². The molecule has 1 aliphatic rings. The van der Waals surface area contributed by atoms with Gasteiger partial charge in [-0.05, 0) is 46.2 Å². The first-order valence-electron chi connectivity index (χ1n) is 7.30. The van der Waals surface area contributed by atoms with Gasteiger partial charge in [0.2, 0.25) is 0 Å². The van der Waals surface area contributed by atoms with Crippen molar-refractivity contribution in [3.8, 4) is 0 Å². The highest BCUT2D eigenvalue weighted by Crippen LogP contribution is 2.16. The molecule has 0 aromatic heterocycles. The Morgan fingerprint density at radius 2 is 2.18 bits per heavy atom. The summed E-state index contributed by atoms with van der Waals surface area (Å²) in [5, 5.41) is 3.55. The molecule has 1 fully saturated rings. The van der Waals surface area contributed by atoms with Crippen LogP contribution in [-0.4, -0.2) is 49.8 Å². The van der Waals surface area contributed by atoms with Gasteiger partial charge in [0.05, 0.1) is 12.7 Å². The summed E-state index contributed by atoms with van der Waals surface area (Å²) < 4.78 is 5.66. The lowest BCUT2D eigenvalue weighted by Gasteiger charge is -2.36. The molecule has 1 saturated heterocycles. The van der Waals surface area contributed by atoms with Crippen LogP contribution in [0.25, 0.3) is 0 Å². The van der Waals surface area contributed by atoms with Crippen LogP contribution in [0.15, 0.2) is 0 Å². The second kappa shape index (κ2) is 8.90. The third kappa shape index (κ3) is 6.39. The zero-order chi connectivity index (χ0) is 12.5. The minimum atomic E-state index is 0.358. The Hall–Kier alpha value is -0.120. The Kier molecular flexibility index (Phi) is 7.82. The third-order valence-electron chi connectivity index (χ3n) is 3.39. The van der Waals surface area contributed by atoms with E-state index in [1.54, 1.807) is 0 Å².